The molecule has 1 saturated heterocycles. The van der Waals surface area contributed by atoms with E-state index in [0.717, 1.165) is 44.8 Å². The molecule has 2 heterocycles. The van der Waals surface area contributed by atoms with Gasteiger partial charge >= 0.3 is 0 Å². The van der Waals surface area contributed by atoms with Gasteiger partial charge in [0.1, 0.15) is 10.8 Å². The molecule has 3 aromatic rings. The van der Waals surface area contributed by atoms with Gasteiger partial charge in [0.2, 0.25) is 11.9 Å². The summed E-state index contributed by atoms with van der Waals surface area (Å²) in [6, 6.07) is 10.2. The molecule has 0 aliphatic carbocycles. The lowest BCUT2D eigenvalue weighted by atomic mass is 10.1. The Bertz CT molecular complexity index is 1570. The van der Waals surface area contributed by atoms with Crippen LogP contribution in [0.1, 0.15) is 27.2 Å². The molecule has 1 amide bonds. The van der Waals surface area contributed by atoms with Gasteiger partial charge < -0.3 is 25.6 Å². The van der Waals surface area contributed by atoms with Gasteiger partial charge in [-0.3, -0.25) is 9.69 Å². The number of methoxy groups -OCH3 is 1. The number of carbonyl (C=O) groups excluding carboxylic acids is 1. The van der Waals surface area contributed by atoms with E-state index in [4.69, 9.17) is 16.3 Å². The Morgan fingerprint density at radius 1 is 1.12 bits per heavy atom. The number of nitrogens with one attached hydrogen (secondary N) is 3. The van der Waals surface area contributed by atoms with Crippen molar-refractivity contribution >= 4 is 61.9 Å². The maximum absolute atomic E-state index is 12.9. The number of amides is 1. The van der Waals surface area contributed by atoms with Gasteiger partial charge in [-0.05, 0) is 51.1 Å². The lowest BCUT2D eigenvalue weighted by Crippen LogP contribution is -2.46. The third-order valence-corrected chi connectivity index (χ3v) is 9.56. The Kier molecular flexibility index (Phi) is 10.5. The molecule has 0 unspecified atom stereocenters. The monoisotopic (exact) mass is 627 g/mol. The zero-order chi connectivity index (χ0) is 31.1. The molecule has 2 aromatic carbocycles. The number of benzene rings is 2. The minimum Gasteiger partial charge on any atom is -0.494 e. The van der Waals surface area contributed by atoms with Crippen molar-refractivity contribution in [2.45, 2.75) is 37.3 Å². The molecular formula is C30H38ClN7O4S. The normalized spacial score (nSPS) is 14.0. The van der Waals surface area contributed by atoms with Crippen molar-refractivity contribution in [1.29, 1.82) is 0 Å². The van der Waals surface area contributed by atoms with Crippen molar-refractivity contribution < 1.29 is 17.9 Å². The lowest BCUT2D eigenvalue weighted by Gasteiger charge is -2.37. The maximum Gasteiger partial charge on any atom is 0.247 e. The second-order valence-corrected chi connectivity index (χ2v) is 13.2. The molecule has 0 spiro atoms. The van der Waals surface area contributed by atoms with Gasteiger partial charge in [-0.1, -0.05) is 37.2 Å². The van der Waals surface area contributed by atoms with Gasteiger partial charge in [0.15, 0.2) is 15.7 Å². The van der Waals surface area contributed by atoms with Crippen LogP contribution in [0.2, 0.25) is 5.02 Å². The third kappa shape index (κ3) is 7.56. The highest BCUT2D eigenvalue weighted by atomic mass is 35.5. The van der Waals surface area contributed by atoms with Gasteiger partial charge in [0.25, 0.3) is 0 Å². The quantitative estimate of drug-likeness (QED) is 0.223. The molecule has 11 nitrogen and oxygen atoms in total. The molecule has 1 aromatic heterocycles. The van der Waals surface area contributed by atoms with Crippen LogP contribution in [-0.2, 0) is 14.6 Å². The second-order valence-electron chi connectivity index (χ2n) is 10.3. The van der Waals surface area contributed by atoms with Gasteiger partial charge in [0, 0.05) is 32.2 Å². The van der Waals surface area contributed by atoms with Crippen molar-refractivity contribution in [3.63, 3.8) is 0 Å². The average Bonchev–Trinajstić information content (AvgIpc) is 2.99. The number of ether oxygens (including phenoxy) is 1. The molecule has 1 aliphatic heterocycles. The molecule has 0 atom stereocenters. The summed E-state index contributed by atoms with van der Waals surface area (Å²) >= 11 is 6.42. The van der Waals surface area contributed by atoms with Crippen molar-refractivity contribution in [3.8, 4) is 5.75 Å². The highest BCUT2D eigenvalue weighted by Crippen LogP contribution is 2.39. The Morgan fingerprint density at radius 2 is 1.84 bits per heavy atom. The fourth-order valence-electron chi connectivity index (χ4n) is 4.74. The van der Waals surface area contributed by atoms with E-state index in [1.54, 1.807) is 51.3 Å². The molecule has 13 heteroatoms. The minimum atomic E-state index is -3.57. The first-order valence-corrected chi connectivity index (χ1v) is 16.0. The third-order valence-electron chi connectivity index (χ3n) is 7.07. The smallest absolute Gasteiger partial charge is 0.247 e. The number of hydrogen-bond acceptors (Lipinski definition) is 10. The number of piperazine rings is 1. The molecule has 0 radical (unpaired) electrons. The second kappa shape index (κ2) is 14.1. The summed E-state index contributed by atoms with van der Waals surface area (Å²) in [7, 11) is -2.01. The number of para-hydroxylation sites is 1. The number of halogens is 1. The van der Waals surface area contributed by atoms with Gasteiger partial charge in [-0.25, -0.2) is 13.4 Å². The number of anilines is 6. The minimum absolute atomic E-state index is 0.143. The van der Waals surface area contributed by atoms with Crippen LogP contribution in [0.25, 0.3) is 0 Å². The Balaban J connectivity index is 1.66. The SMILES string of the molecule is C=CC(=O)Nc1cc(Nc2ncc(Cl)c(Nc3ccccc3S(=O)(=O)C(C)C)n2)c(OC)cc1N1CCN(CCC)CC1. The number of sulfone groups is 1. The van der Waals surface area contributed by atoms with Crippen LogP contribution in [0, 0.1) is 0 Å². The van der Waals surface area contributed by atoms with Crippen LogP contribution >= 0.6 is 11.6 Å². The molecule has 43 heavy (non-hydrogen) atoms. The number of nitrogens with zero attached hydrogens (tertiary/aromatic N) is 4. The zero-order valence-corrected chi connectivity index (χ0v) is 26.4. The summed E-state index contributed by atoms with van der Waals surface area (Å²) in [4.78, 5) is 26.0. The Labute approximate surface area is 258 Å². The summed E-state index contributed by atoms with van der Waals surface area (Å²) in [6.07, 6.45) is 3.73. The number of rotatable bonds is 12. The lowest BCUT2D eigenvalue weighted by molar-refractivity contribution is -0.111. The fraction of sp³-hybridized carbons (Fsp3) is 0.367. The van der Waals surface area contributed by atoms with E-state index in [9.17, 15) is 13.2 Å². The molecule has 230 valence electrons. The number of aromatic nitrogens is 2. The van der Waals surface area contributed by atoms with E-state index in [-0.39, 0.29) is 27.6 Å². The van der Waals surface area contributed by atoms with Gasteiger partial charge in [0.05, 0.1) is 46.2 Å². The first kappa shape index (κ1) is 32.1. The zero-order valence-electron chi connectivity index (χ0n) is 24.9. The van der Waals surface area contributed by atoms with Crippen molar-refractivity contribution in [2.75, 3.05) is 60.7 Å². The standard InChI is InChI=1S/C30H38ClN7O4S/c1-6-12-37-13-15-38(16-14-37)25-18-26(42-5)24(17-23(25)33-28(39)7-2)35-30-32-19-21(31)29(36-30)34-22-10-8-9-11-27(22)43(40,41)20(3)4/h7-11,17-20H,2,6,12-16H2,1,3-5H3,(H,33,39)(H2,32,34,35,36). The predicted octanol–water partition coefficient (Wildman–Crippen LogP) is 5.46. The highest BCUT2D eigenvalue weighted by Gasteiger charge is 2.24. The van der Waals surface area contributed by atoms with Crippen molar-refractivity contribution in [2.24, 2.45) is 0 Å². The van der Waals surface area contributed by atoms with E-state index < -0.39 is 15.1 Å². The van der Waals surface area contributed by atoms with Crippen LogP contribution in [0.5, 0.6) is 5.75 Å². The van der Waals surface area contributed by atoms with E-state index in [1.165, 1.54) is 12.3 Å². The predicted molar refractivity (Wildman–Crippen MR) is 173 cm³/mol. The summed E-state index contributed by atoms with van der Waals surface area (Å²) < 4.78 is 31.6. The fourth-order valence-corrected chi connectivity index (χ4v) is 6.08. The number of carbonyl (C=O) groups is 1. The van der Waals surface area contributed by atoms with Gasteiger partial charge in [-0.2, -0.15) is 4.98 Å². The molecule has 0 bridgehead atoms. The van der Waals surface area contributed by atoms with Crippen molar-refractivity contribution in [3.05, 3.63) is 60.3 Å². The van der Waals surface area contributed by atoms with E-state index in [1.807, 2.05) is 6.07 Å². The molecule has 3 N–H and O–H groups in total. The molecule has 1 fully saturated rings. The van der Waals surface area contributed by atoms with Crippen LogP contribution < -0.4 is 25.6 Å². The summed E-state index contributed by atoms with van der Waals surface area (Å²) in [6.45, 7) is 13.5. The van der Waals surface area contributed by atoms with Crippen LogP contribution in [0.4, 0.5) is 34.5 Å². The molecular weight excluding hydrogens is 590 g/mol. The van der Waals surface area contributed by atoms with Crippen LogP contribution in [0.3, 0.4) is 0 Å². The topological polar surface area (TPSA) is 129 Å². The summed E-state index contributed by atoms with van der Waals surface area (Å²) in [5.74, 6) is 0.567. The molecule has 0 saturated carbocycles. The first-order valence-electron chi connectivity index (χ1n) is 14.1. The van der Waals surface area contributed by atoms with E-state index in [2.05, 4.69) is 49.2 Å². The summed E-state index contributed by atoms with van der Waals surface area (Å²) in [5.41, 5.74) is 2.26. The first-order chi connectivity index (χ1) is 20.6. The van der Waals surface area contributed by atoms with E-state index >= 15 is 0 Å². The maximum atomic E-state index is 12.9. The average molecular weight is 628 g/mol. The molecule has 1 aliphatic rings. The van der Waals surface area contributed by atoms with Gasteiger partial charge in [-0.15, -0.1) is 0 Å². The van der Waals surface area contributed by atoms with Crippen LogP contribution in [0.15, 0.2) is 60.1 Å². The van der Waals surface area contributed by atoms with Crippen molar-refractivity contribution in [1.82, 2.24) is 14.9 Å². The Hall–Kier alpha value is -3.87. The Morgan fingerprint density at radius 3 is 2.49 bits per heavy atom. The van der Waals surface area contributed by atoms with E-state index in [0.29, 0.717) is 22.8 Å². The highest BCUT2D eigenvalue weighted by molar-refractivity contribution is 7.92. The largest absolute Gasteiger partial charge is 0.494 e. The number of hydrogen-bond donors (Lipinski definition) is 3. The summed E-state index contributed by atoms with van der Waals surface area (Å²) in [5, 5.41) is 8.72. The molecule has 4 rings (SSSR count). The van der Waals surface area contributed by atoms with Crippen LogP contribution in [-0.4, -0.2) is 74.3 Å².